The fraction of sp³-hybridized carbons (Fsp3) is 0.818. The van der Waals surface area contributed by atoms with E-state index in [1.54, 1.807) is 0 Å². The Hall–Kier alpha value is -0.300. The van der Waals surface area contributed by atoms with Gasteiger partial charge in [0.2, 0.25) is 0 Å². The molecule has 2 bridgehead atoms. The first-order chi connectivity index (χ1) is 5.59. The van der Waals surface area contributed by atoms with Crippen LogP contribution in [-0.2, 0) is 4.74 Å². The van der Waals surface area contributed by atoms with Crippen molar-refractivity contribution in [1.29, 1.82) is 0 Å². The fourth-order valence-electron chi connectivity index (χ4n) is 3.16. The summed E-state index contributed by atoms with van der Waals surface area (Å²) in [5.74, 6) is 1.37. The maximum atomic E-state index is 5.54. The van der Waals surface area contributed by atoms with Gasteiger partial charge in [0.15, 0.2) is 0 Å². The quantitative estimate of drug-likeness (QED) is 0.544. The van der Waals surface area contributed by atoms with Crippen LogP contribution < -0.4 is 0 Å². The number of ether oxygens (including phenoxy) is 1. The van der Waals surface area contributed by atoms with Gasteiger partial charge in [0.25, 0.3) is 0 Å². The largest absolute Gasteiger partial charge is 0.381 e. The Morgan fingerprint density at radius 1 is 1.42 bits per heavy atom. The van der Waals surface area contributed by atoms with Crippen molar-refractivity contribution in [3.8, 4) is 0 Å². The highest BCUT2D eigenvalue weighted by Gasteiger charge is 2.55. The minimum absolute atomic E-state index is 0.323. The second kappa shape index (κ2) is 2.35. The molecule has 0 aromatic heterocycles. The van der Waals surface area contributed by atoms with E-state index in [2.05, 4.69) is 20.4 Å². The number of hydrogen-bond donors (Lipinski definition) is 0. The Bertz CT molecular complexity index is 217. The predicted molar refractivity (Wildman–Crippen MR) is 49.9 cm³/mol. The summed E-state index contributed by atoms with van der Waals surface area (Å²) < 4.78 is 5.54. The summed E-state index contributed by atoms with van der Waals surface area (Å²) in [6.07, 6.45) is 3.09. The lowest BCUT2D eigenvalue weighted by Crippen LogP contribution is -2.24. The van der Waals surface area contributed by atoms with E-state index in [0.717, 1.165) is 5.92 Å². The summed E-state index contributed by atoms with van der Waals surface area (Å²) >= 11 is 0. The van der Waals surface area contributed by atoms with E-state index < -0.39 is 0 Å². The van der Waals surface area contributed by atoms with Gasteiger partial charge in [-0.25, -0.2) is 0 Å². The van der Waals surface area contributed by atoms with Crippen molar-refractivity contribution in [1.82, 2.24) is 0 Å². The normalized spacial score (nSPS) is 43.9. The van der Waals surface area contributed by atoms with Crippen molar-refractivity contribution < 1.29 is 4.74 Å². The molecule has 2 fully saturated rings. The molecule has 0 N–H and O–H groups in total. The molecule has 68 valence electrons. The molecule has 2 aliphatic rings. The smallest absolute Gasteiger partial charge is 0.0672 e. The molecule has 0 heterocycles. The Kier molecular flexibility index (Phi) is 1.63. The van der Waals surface area contributed by atoms with Gasteiger partial charge in [0.05, 0.1) is 6.10 Å². The van der Waals surface area contributed by atoms with Crippen molar-refractivity contribution >= 4 is 0 Å². The van der Waals surface area contributed by atoms with Crippen LogP contribution in [0.1, 0.15) is 26.7 Å². The summed E-state index contributed by atoms with van der Waals surface area (Å²) in [4.78, 5) is 0. The maximum absolute atomic E-state index is 5.54. The SMILES string of the molecule is C=C1[C@H]2CC[C@H]([C@@H]2OC)C1(C)C. The lowest BCUT2D eigenvalue weighted by atomic mass is 9.73. The molecule has 0 unspecified atom stereocenters. The molecule has 2 saturated carbocycles. The molecule has 12 heavy (non-hydrogen) atoms. The molecule has 0 radical (unpaired) electrons. The van der Waals surface area contributed by atoms with E-state index in [4.69, 9.17) is 4.74 Å². The summed E-state index contributed by atoms with van der Waals surface area (Å²) in [7, 11) is 1.84. The van der Waals surface area contributed by atoms with E-state index in [1.807, 2.05) is 7.11 Å². The van der Waals surface area contributed by atoms with Crippen molar-refractivity contribution in [3.63, 3.8) is 0 Å². The third-order valence-corrected chi connectivity index (χ3v) is 4.06. The highest BCUT2D eigenvalue weighted by Crippen LogP contribution is 2.59. The number of fused-ring (bicyclic) bond motifs is 2. The first-order valence-corrected chi connectivity index (χ1v) is 4.81. The van der Waals surface area contributed by atoms with E-state index in [-0.39, 0.29) is 0 Å². The summed E-state index contributed by atoms with van der Waals surface area (Å²) in [5.41, 5.74) is 1.74. The molecule has 0 spiro atoms. The number of rotatable bonds is 1. The molecule has 0 aliphatic heterocycles. The van der Waals surface area contributed by atoms with Gasteiger partial charge in [0, 0.05) is 13.0 Å². The molecule has 2 rings (SSSR count). The van der Waals surface area contributed by atoms with Gasteiger partial charge >= 0.3 is 0 Å². The monoisotopic (exact) mass is 166 g/mol. The van der Waals surface area contributed by atoms with Crippen LogP contribution in [0, 0.1) is 17.3 Å². The topological polar surface area (TPSA) is 9.23 Å². The molecule has 0 aromatic rings. The molecular formula is C11H18O. The lowest BCUT2D eigenvalue weighted by molar-refractivity contribution is 0.0512. The summed E-state index contributed by atoms with van der Waals surface area (Å²) in [5, 5.41) is 0. The van der Waals surface area contributed by atoms with Gasteiger partial charge in [0.1, 0.15) is 0 Å². The summed E-state index contributed by atoms with van der Waals surface area (Å²) in [6, 6.07) is 0. The van der Waals surface area contributed by atoms with Crippen LogP contribution in [0.15, 0.2) is 12.2 Å². The van der Waals surface area contributed by atoms with Gasteiger partial charge in [-0.1, -0.05) is 26.0 Å². The van der Waals surface area contributed by atoms with Crippen LogP contribution in [0.25, 0.3) is 0 Å². The second-order valence-electron chi connectivity index (χ2n) is 4.74. The summed E-state index contributed by atoms with van der Waals surface area (Å²) in [6.45, 7) is 8.83. The van der Waals surface area contributed by atoms with Gasteiger partial charge < -0.3 is 4.74 Å². The molecule has 2 aliphatic carbocycles. The van der Waals surface area contributed by atoms with Gasteiger partial charge in [-0.3, -0.25) is 0 Å². The molecular weight excluding hydrogens is 148 g/mol. The van der Waals surface area contributed by atoms with Crippen LogP contribution in [0.4, 0.5) is 0 Å². The van der Waals surface area contributed by atoms with Crippen LogP contribution in [0.3, 0.4) is 0 Å². The Morgan fingerprint density at radius 3 is 2.42 bits per heavy atom. The number of methoxy groups -OCH3 is 1. The van der Waals surface area contributed by atoms with E-state index >= 15 is 0 Å². The number of hydrogen-bond acceptors (Lipinski definition) is 1. The van der Waals surface area contributed by atoms with Gasteiger partial charge in [-0.05, 0) is 24.2 Å². The predicted octanol–water partition coefficient (Wildman–Crippen LogP) is 2.62. The fourth-order valence-corrected chi connectivity index (χ4v) is 3.16. The average Bonchev–Trinajstić information content (AvgIpc) is 2.50. The molecule has 0 aromatic carbocycles. The first-order valence-electron chi connectivity index (χ1n) is 4.81. The van der Waals surface area contributed by atoms with Crippen LogP contribution in [0.2, 0.25) is 0 Å². The zero-order valence-corrected chi connectivity index (χ0v) is 8.26. The van der Waals surface area contributed by atoms with E-state index in [0.29, 0.717) is 17.4 Å². The standard InChI is InChI=1S/C11H18O/c1-7-8-5-6-9(10(8)12-4)11(7,2)3/h8-10H,1,5-6H2,2-4H3/t8-,9-,10-/m1/s1. The van der Waals surface area contributed by atoms with Crippen molar-refractivity contribution in [2.45, 2.75) is 32.8 Å². The minimum atomic E-state index is 0.323. The van der Waals surface area contributed by atoms with Gasteiger partial charge in [-0.2, -0.15) is 0 Å². The second-order valence-corrected chi connectivity index (χ2v) is 4.74. The zero-order chi connectivity index (χ0) is 8.93. The third kappa shape index (κ3) is 0.779. The van der Waals surface area contributed by atoms with Crippen LogP contribution in [-0.4, -0.2) is 13.2 Å². The van der Waals surface area contributed by atoms with Crippen LogP contribution in [0.5, 0.6) is 0 Å². The van der Waals surface area contributed by atoms with E-state index in [1.165, 1.54) is 18.4 Å². The van der Waals surface area contributed by atoms with E-state index in [9.17, 15) is 0 Å². The molecule has 1 heteroatoms. The molecule has 0 amide bonds. The maximum Gasteiger partial charge on any atom is 0.0672 e. The Labute approximate surface area is 74.8 Å². The average molecular weight is 166 g/mol. The van der Waals surface area contributed by atoms with Crippen LogP contribution >= 0.6 is 0 Å². The molecule has 0 saturated heterocycles. The van der Waals surface area contributed by atoms with Gasteiger partial charge in [-0.15, -0.1) is 0 Å². The van der Waals surface area contributed by atoms with Crippen molar-refractivity contribution in [2.75, 3.05) is 7.11 Å². The highest BCUT2D eigenvalue weighted by atomic mass is 16.5. The first kappa shape index (κ1) is 8.31. The highest BCUT2D eigenvalue weighted by molar-refractivity contribution is 5.26. The molecule has 1 nitrogen and oxygen atoms in total. The molecule has 3 atom stereocenters. The zero-order valence-electron chi connectivity index (χ0n) is 8.26. The Balaban J connectivity index is 2.33. The third-order valence-electron chi connectivity index (χ3n) is 4.06. The van der Waals surface area contributed by atoms with Crippen molar-refractivity contribution in [2.24, 2.45) is 17.3 Å². The lowest BCUT2D eigenvalue weighted by Gasteiger charge is -2.31. The Morgan fingerprint density at radius 2 is 2.08 bits per heavy atom. The minimum Gasteiger partial charge on any atom is -0.381 e. The van der Waals surface area contributed by atoms with Crippen molar-refractivity contribution in [3.05, 3.63) is 12.2 Å².